The summed E-state index contributed by atoms with van der Waals surface area (Å²) < 4.78 is 5.23. The molecule has 1 unspecified atom stereocenters. The minimum absolute atomic E-state index is 0.0132. The van der Waals surface area contributed by atoms with Gasteiger partial charge < -0.3 is 14.7 Å². The van der Waals surface area contributed by atoms with E-state index in [0.29, 0.717) is 17.0 Å². The van der Waals surface area contributed by atoms with Crippen molar-refractivity contribution in [3.05, 3.63) is 65.0 Å². The van der Waals surface area contributed by atoms with Crippen LogP contribution in [0.4, 0.5) is 0 Å². The number of nitrogens with zero attached hydrogens (tertiary/aromatic N) is 2. The van der Waals surface area contributed by atoms with Gasteiger partial charge in [0.25, 0.3) is 11.7 Å². The Balaban J connectivity index is 1.88. The number of carbonyl (C=O) groups is 2. The van der Waals surface area contributed by atoms with Crippen molar-refractivity contribution < 1.29 is 19.4 Å². The zero-order valence-corrected chi connectivity index (χ0v) is 16.6. The van der Waals surface area contributed by atoms with Crippen molar-refractivity contribution in [3.8, 4) is 5.75 Å². The second-order valence-corrected chi connectivity index (χ2v) is 7.58. The maximum Gasteiger partial charge on any atom is 0.295 e. The number of carbonyl (C=O) groups excluding carboxylic acids is 2. The number of aliphatic hydroxyl groups excluding tert-OH is 1. The average molecular weight is 392 g/mol. The molecule has 29 heavy (non-hydrogen) atoms. The smallest absolute Gasteiger partial charge is 0.295 e. The fourth-order valence-electron chi connectivity index (χ4n) is 4.41. The normalized spacial score (nSPS) is 21.7. The molecule has 2 aromatic rings. The Kier molecular flexibility index (Phi) is 5.09. The molecule has 1 aliphatic carbocycles. The van der Waals surface area contributed by atoms with Crippen LogP contribution in [0.1, 0.15) is 48.5 Å². The Bertz CT molecular complexity index is 978. The molecule has 0 bridgehead atoms. The maximum absolute atomic E-state index is 13.0. The SMILES string of the molecule is COc1ccc(/C(O)=C2/C(=O)C(=O)N(C3CCCC3)C2c2ccccn2)c(C)c1. The van der Waals surface area contributed by atoms with Gasteiger partial charge in [0.15, 0.2) is 0 Å². The van der Waals surface area contributed by atoms with Crippen LogP contribution in [0, 0.1) is 6.92 Å². The van der Waals surface area contributed by atoms with E-state index in [9.17, 15) is 14.7 Å². The van der Waals surface area contributed by atoms with Crippen LogP contribution in [0.5, 0.6) is 5.75 Å². The molecule has 1 N–H and O–H groups in total. The summed E-state index contributed by atoms with van der Waals surface area (Å²) in [5, 5.41) is 11.2. The van der Waals surface area contributed by atoms with E-state index in [0.717, 1.165) is 31.2 Å². The van der Waals surface area contributed by atoms with E-state index in [1.165, 1.54) is 0 Å². The highest BCUT2D eigenvalue weighted by Gasteiger charge is 2.49. The Morgan fingerprint density at radius 1 is 1.17 bits per heavy atom. The third-order valence-corrected chi connectivity index (χ3v) is 5.85. The number of aliphatic hydroxyl groups is 1. The molecular formula is C23H24N2O4. The summed E-state index contributed by atoms with van der Waals surface area (Å²) in [6.07, 6.45) is 5.42. The minimum atomic E-state index is -0.680. The van der Waals surface area contributed by atoms with E-state index in [1.54, 1.807) is 48.5 Å². The first-order chi connectivity index (χ1) is 14.0. The van der Waals surface area contributed by atoms with E-state index in [2.05, 4.69) is 4.98 Å². The maximum atomic E-state index is 13.0. The molecule has 1 aromatic heterocycles. The molecule has 1 amide bonds. The van der Waals surface area contributed by atoms with E-state index >= 15 is 0 Å². The second kappa shape index (κ2) is 7.70. The number of likely N-dealkylation sites (tertiary alicyclic amines) is 1. The van der Waals surface area contributed by atoms with Gasteiger partial charge in [-0.25, -0.2) is 0 Å². The van der Waals surface area contributed by atoms with Crippen molar-refractivity contribution in [1.29, 1.82) is 0 Å². The van der Waals surface area contributed by atoms with Crippen LogP contribution in [0.2, 0.25) is 0 Å². The van der Waals surface area contributed by atoms with Gasteiger partial charge in [-0.1, -0.05) is 18.9 Å². The molecule has 1 saturated heterocycles. The fraction of sp³-hybridized carbons (Fsp3) is 0.348. The van der Waals surface area contributed by atoms with Crippen LogP contribution in [0.15, 0.2) is 48.2 Å². The Labute approximate surface area is 169 Å². The zero-order valence-electron chi connectivity index (χ0n) is 16.6. The summed E-state index contributed by atoms with van der Waals surface area (Å²) in [5.74, 6) is -0.716. The van der Waals surface area contributed by atoms with Crippen LogP contribution in [0.3, 0.4) is 0 Å². The Morgan fingerprint density at radius 2 is 1.93 bits per heavy atom. The standard InChI is InChI=1S/C23H24N2O4/c1-14-13-16(29-2)10-11-17(14)21(26)19-20(18-9-5-6-12-24-18)25(23(28)22(19)27)15-7-3-4-8-15/h5-6,9-13,15,20,26H,3-4,7-8H2,1-2H3/b21-19-. The lowest BCUT2D eigenvalue weighted by atomic mass is 9.95. The van der Waals surface area contributed by atoms with Crippen LogP contribution in [-0.4, -0.2) is 39.8 Å². The molecule has 2 fully saturated rings. The summed E-state index contributed by atoms with van der Waals surface area (Å²) >= 11 is 0. The number of ether oxygens (including phenoxy) is 1. The molecule has 6 heteroatoms. The molecule has 1 aliphatic heterocycles. The average Bonchev–Trinajstić information content (AvgIpc) is 3.35. The van der Waals surface area contributed by atoms with Gasteiger partial charge in [0.2, 0.25) is 0 Å². The van der Waals surface area contributed by atoms with E-state index < -0.39 is 17.7 Å². The highest BCUT2D eigenvalue weighted by atomic mass is 16.5. The lowest BCUT2D eigenvalue weighted by Crippen LogP contribution is -2.37. The molecule has 0 radical (unpaired) electrons. The number of aromatic nitrogens is 1. The van der Waals surface area contributed by atoms with Gasteiger partial charge in [0, 0.05) is 17.8 Å². The van der Waals surface area contributed by atoms with E-state index in [4.69, 9.17) is 4.74 Å². The number of benzene rings is 1. The van der Waals surface area contributed by atoms with Gasteiger partial charge >= 0.3 is 0 Å². The topological polar surface area (TPSA) is 79.7 Å². The fourth-order valence-corrected chi connectivity index (χ4v) is 4.41. The van der Waals surface area contributed by atoms with Crippen LogP contribution < -0.4 is 4.74 Å². The lowest BCUT2D eigenvalue weighted by Gasteiger charge is -2.30. The van der Waals surface area contributed by atoms with E-state index in [-0.39, 0.29) is 17.4 Å². The molecule has 2 aliphatic rings. The number of hydrogen-bond donors (Lipinski definition) is 1. The first-order valence-corrected chi connectivity index (χ1v) is 9.89. The summed E-state index contributed by atoms with van der Waals surface area (Å²) in [5.41, 5.74) is 1.96. The summed E-state index contributed by atoms with van der Waals surface area (Å²) in [6, 6.07) is 9.95. The number of amides is 1. The number of pyridine rings is 1. The highest BCUT2D eigenvalue weighted by molar-refractivity contribution is 6.46. The summed E-state index contributed by atoms with van der Waals surface area (Å²) in [6.45, 7) is 1.83. The molecule has 1 atom stereocenters. The zero-order chi connectivity index (χ0) is 20.5. The van der Waals surface area contributed by atoms with Gasteiger partial charge in [-0.2, -0.15) is 0 Å². The van der Waals surface area contributed by atoms with Gasteiger partial charge in [-0.05, 0) is 55.7 Å². The molecule has 2 heterocycles. The number of methoxy groups -OCH3 is 1. The third kappa shape index (κ3) is 3.28. The van der Waals surface area contributed by atoms with E-state index in [1.807, 2.05) is 13.0 Å². The molecule has 1 aromatic carbocycles. The Hall–Kier alpha value is -3.15. The van der Waals surface area contributed by atoms with Crippen molar-refractivity contribution in [2.45, 2.75) is 44.7 Å². The quantitative estimate of drug-likeness (QED) is 0.487. The number of aryl methyl sites for hydroxylation is 1. The minimum Gasteiger partial charge on any atom is -0.507 e. The van der Waals surface area contributed by atoms with Crippen molar-refractivity contribution in [2.75, 3.05) is 7.11 Å². The Morgan fingerprint density at radius 3 is 2.55 bits per heavy atom. The van der Waals surface area contributed by atoms with Crippen molar-refractivity contribution in [3.63, 3.8) is 0 Å². The summed E-state index contributed by atoms with van der Waals surface area (Å²) in [4.78, 5) is 32.1. The monoisotopic (exact) mass is 392 g/mol. The van der Waals surface area contributed by atoms with Crippen molar-refractivity contribution in [2.24, 2.45) is 0 Å². The van der Waals surface area contributed by atoms with Gasteiger partial charge in [0.1, 0.15) is 17.6 Å². The lowest BCUT2D eigenvalue weighted by molar-refractivity contribution is -0.141. The highest BCUT2D eigenvalue weighted by Crippen LogP contribution is 2.43. The summed E-state index contributed by atoms with van der Waals surface area (Å²) in [7, 11) is 1.57. The van der Waals surface area contributed by atoms with Gasteiger partial charge in [-0.15, -0.1) is 0 Å². The molecule has 4 rings (SSSR count). The largest absolute Gasteiger partial charge is 0.507 e. The van der Waals surface area contributed by atoms with Crippen LogP contribution in [-0.2, 0) is 9.59 Å². The predicted molar refractivity (Wildman–Crippen MR) is 108 cm³/mol. The van der Waals surface area contributed by atoms with Crippen molar-refractivity contribution in [1.82, 2.24) is 9.88 Å². The van der Waals surface area contributed by atoms with Crippen LogP contribution >= 0.6 is 0 Å². The molecule has 150 valence electrons. The number of rotatable bonds is 4. The number of hydrogen-bond acceptors (Lipinski definition) is 5. The molecule has 1 saturated carbocycles. The molecular weight excluding hydrogens is 368 g/mol. The first-order valence-electron chi connectivity index (χ1n) is 9.89. The molecule has 6 nitrogen and oxygen atoms in total. The first kappa shape index (κ1) is 19.2. The van der Waals surface area contributed by atoms with Gasteiger partial charge in [-0.3, -0.25) is 14.6 Å². The van der Waals surface area contributed by atoms with Crippen molar-refractivity contribution >= 4 is 17.4 Å². The number of ketones is 1. The molecule has 0 spiro atoms. The predicted octanol–water partition coefficient (Wildman–Crippen LogP) is 3.76. The van der Waals surface area contributed by atoms with Crippen LogP contribution in [0.25, 0.3) is 5.76 Å². The third-order valence-electron chi connectivity index (χ3n) is 5.85. The second-order valence-electron chi connectivity index (χ2n) is 7.58. The van der Waals surface area contributed by atoms with Gasteiger partial charge in [0.05, 0.1) is 18.4 Å². The number of Topliss-reactive ketones (excluding diaryl/α,β-unsaturated/α-hetero) is 1.